The molecule has 1 aromatic heterocycles. The molecule has 1 N–H and O–H groups in total. The maximum atomic E-state index is 12.9. The van der Waals surface area contributed by atoms with Crippen LogP contribution < -0.4 is 14.4 Å². The molecule has 2 aromatic carbocycles. The Balaban J connectivity index is 1.74. The second-order valence-corrected chi connectivity index (χ2v) is 8.18. The van der Waals surface area contributed by atoms with Crippen molar-refractivity contribution in [3.05, 3.63) is 71.4 Å². The molecule has 0 radical (unpaired) electrons. The summed E-state index contributed by atoms with van der Waals surface area (Å²) in [6.07, 6.45) is 1.55. The molecule has 0 unspecified atom stereocenters. The molecular formula is C19H14ClN3O4S. The van der Waals surface area contributed by atoms with Crippen molar-refractivity contribution in [2.24, 2.45) is 0 Å². The maximum absolute atomic E-state index is 12.9. The number of halogens is 1. The third kappa shape index (κ3) is 3.28. The van der Waals surface area contributed by atoms with E-state index in [1.54, 1.807) is 43.6 Å². The Morgan fingerprint density at radius 2 is 1.89 bits per heavy atom. The van der Waals surface area contributed by atoms with Gasteiger partial charge >= 0.3 is 0 Å². The fourth-order valence-corrected chi connectivity index (χ4v) is 4.07. The molecule has 1 aliphatic rings. The number of sulfonamides is 1. The first kappa shape index (κ1) is 18.3. The van der Waals surface area contributed by atoms with Crippen LogP contribution in [0.5, 0.6) is 11.5 Å². The summed E-state index contributed by atoms with van der Waals surface area (Å²) in [5.41, 5.74) is 0.438. The highest BCUT2D eigenvalue weighted by molar-refractivity contribution is 7.92. The fraction of sp³-hybridized carbons (Fsp3) is 0.0526. The Kier molecular flexibility index (Phi) is 4.44. The molecule has 142 valence electrons. The standard InChI is InChI=1S/C19H14ClN3O4S/c1-23-18-17(6-3-9-21-18)27-16-8-7-14(11-15(16)19(23)24)28(25,26)22-13-5-2-4-12(20)10-13/h2-11,22H,1H3. The van der Waals surface area contributed by atoms with E-state index >= 15 is 0 Å². The van der Waals surface area contributed by atoms with Crippen LogP contribution in [0.1, 0.15) is 10.4 Å². The molecule has 1 amide bonds. The van der Waals surface area contributed by atoms with E-state index in [1.165, 1.54) is 29.2 Å². The predicted molar refractivity (Wildman–Crippen MR) is 106 cm³/mol. The second kappa shape index (κ2) is 6.81. The number of hydrogen-bond donors (Lipinski definition) is 1. The van der Waals surface area contributed by atoms with Crippen molar-refractivity contribution >= 4 is 39.0 Å². The number of ether oxygens (including phenoxy) is 1. The van der Waals surface area contributed by atoms with Gasteiger partial charge in [0, 0.05) is 18.3 Å². The Morgan fingerprint density at radius 3 is 2.68 bits per heavy atom. The molecule has 0 bridgehead atoms. The molecule has 0 aliphatic carbocycles. The number of carbonyl (C=O) groups excluding carboxylic acids is 1. The summed E-state index contributed by atoms with van der Waals surface area (Å²) in [4.78, 5) is 18.3. The summed E-state index contributed by atoms with van der Waals surface area (Å²) in [7, 11) is -2.38. The van der Waals surface area contributed by atoms with Crippen LogP contribution >= 0.6 is 11.6 Å². The second-order valence-electron chi connectivity index (χ2n) is 6.07. The van der Waals surface area contributed by atoms with Gasteiger partial charge in [-0.3, -0.25) is 14.4 Å². The van der Waals surface area contributed by atoms with Crippen molar-refractivity contribution in [3.63, 3.8) is 0 Å². The predicted octanol–water partition coefficient (Wildman–Crippen LogP) is 3.92. The minimum Gasteiger partial charge on any atom is -0.453 e. The summed E-state index contributed by atoms with van der Waals surface area (Å²) < 4.78 is 33.8. The highest BCUT2D eigenvalue weighted by atomic mass is 35.5. The first-order valence-electron chi connectivity index (χ1n) is 8.18. The van der Waals surface area contributed by atoms with E-state index in [-0.39, 0.29) is 16.2 Å². The van der Waals surface area contributed by atoms with Gasteiger partial charge in [-0.1, -0.05) is 17.7 Å². The quantitative estimate of drug-likeness (QED) is 0.700. The Morgan fingerprint density at radius 1 is 1.07 bits per heavy atom. The summed E-state index contributed by atoms with van der Waals surface area (Å²) >= 11 is 5.90. The number of pyridine rings is 1. The zero-order valence-corrected chi connectivity index (χ0v) is 16.2. The third-order valence-corrected chi connectivity index (χ3v) is 5.78. The van der Waals surface area contributed by atoms with Crippen molar-refractivity contribution in [1.29, 1.82) is 0 Å². The molecule has 0 saturated heterocycles. The van der Waals surface area contributed by atoms with Crippen LogP contribution in [0.2, 0.25) is 5.02 Å². The molecule has 0 spiro atoms. The van der Waals surface area contributed by atoms with E-state index < -0.39 is 15.9 Å². The van der Waals surface area contributed by atoms with Crippen LogP contribution in [0.4, 0.5) is 11.5 Å². The van der Waals surface area contributed by atoms with Crippen LogP contribution in [0.3, 0.4) is 0 Å². The zero-order chi connectivity index (χ0) is 19.9. The molecule has 3 aromatic rings. The van der Waals surface area contributed by atoms with E-state index in [4.69, 9.17) is 16.3 Å². The van der Waals surface area contributed by atoms with Crippen LogP contribution in [0.25, 0.3) is 0 Å². The number of hydrogen-bond acceptors (Lipinski definition) is 5. The van der Waals surface area contributed by atoms with E-state index in [0.717, 1.165) is 0 Å². The number of anilines is 2. The van der Waals surface area contributed by atoms with Crippen LogP contribution in [-0.2, 0) is 10.0 Å². The van der Waals surface area contributed by atoms with E-state index in [1.807, 2.05) is 0 Å². The minimum absolute atomic E-state index is 0.0736. The number of aromatic nitrogens is 1. The molecule has 2 heterocycles. The lowest BCUT2D eigenvalue weighted by Crippen LogP contribution is -2.26. The highest BCUT2D eigenvalue weighted by Gasteiger charge is 2.28. The van der Waals surface area contributed by atoms with Gasteiger partial charge in [0.2, 0.25) is 0 Å². The molecule has 1 aliphatic heterocycles. The van der Waals surface area contributed by atoms with Gasteiger partial charge in [-0.05, 0) is 48.5 Å². The van der Waals surface area contributed by atoms with Crippen molar-refractivity contribution < 1.29 is 17.9 Å². The van der Waals surface area contributed by atoms with E-state index in [0.29, 0.717) is 22.3 Å². The van der Waals surface area contributed by atoms with Gasteiger partial charge in [-0.25, -0.2) is 13.4 Å². The normalized spacial score (nSPS) is 13.2. The number of nitrogens with one attached hydrogen (secondary N) is 1. The SMILES string of the molecule is CN1C(=O)c2cc(S(=O)(=O)Nc3cccc(Cl)c3)ccc2Oc2cccnc21. The van der Waals surface area contributed by atoms with Crippen LogP contribution in [0, 0.1) is 0 Å². The summed E-state index contributed by atoms with van der Waals surface area (Å²) in [5, 5.41) is 0.401. The summed E-state index contributed by atoms with van der Waals surface area (Å²) in [6.45, 7) is 0. The smallest absolute Gasteiger partial charge is 0.263 e. The number of benzene rings is 2. The monoisotopic (exact) mass is 415 g/mol. The highest BCUT2D eigenvalue weighted by Crippen LogP contribution is 2.37. The molecular weight excluding hydrogens is 402 g/mol. The molecule has 0 saturated carbocycles. The number of fused-ring (bicyclic) bond motifs is 2. The zero-order valence-electron chi connectivity index (χ0n) is 14.6. The number of nitrogens with zero attached hydrogens (tertiary/aromatic N) is 2. The van der Waals surface area contributed by atoms with Crippen LogP contribution in [0.15, 0.2) is 65.7 Å². The lowest BCUT2D eigenvalue weighted by atomic mass is 10.2. The molecule has 0 atom stereocenters. The average Bonchev–Trinajstić information content (AvgIpc) is 2.77. The topological polar surface area (TPSA) is 88.6 Å². The maximum Gasteiger partial charge on any atom is 0.263 e. The van der Waals surface area contributed by atoms with Gasteiger partial charge in [-0.2, -0.15) is 0 Å². The molecule has 0 fully saturated rings. The number of amides is 1. The van der Waals surface area contributed by atoms with Crippen molar-refractivity contribution in [2.75, 3.05) is 16.7 Å². The Hall–Kier alpha value is -3.10. The van der Waals surface area contributed by atoms with Gasteiger partial charge in [0.15, 0.2) is 11.6 Å². The average molecular weight is 416 g/mol. The van der Waals surface area contributed by atoms with Gasteiger partial charge in [0.25, 0.3) is 15.9 Å². The Labute approximate surface area is 166 Å². The molecule has 4 rings (SSSR count). The largest absolute Gasteiger partial charge is 0.453 e. The van der Waals surface area contributed by atoms with Gasteiger partial charge < -0.3 is 4.74 Å². The van der Waals surface area contributed by atoms with Crippen molar-refractivity contribution in [3.8, 4) is 11.5 Å². The van der Waals surface area contributed by atoms with Crippen molar-refractivity contribution in [1.82, 2.24) is 4.98 Å². The van der Waals surface area contributed by atoms with Gasteiger partial charge in [0.1, 0.15) is 5.75 Å². The summed E-state index contributed by atoms with van der Waals surface area (Å²) in [6, 6.07) is 13.8. The molecule has 28 heavy (non-hydrogen) atoms. The van der Waals surface area contributed by atoms with E-state index in [2.05, 4.69) is 9.71 Å². The lowest BCUT2D eigenvalue weighted by molar-refractivity contribution is 0.0992. The van der Waals surface area contributed by atoms with Crippen molar-refractivity contribution in [2.45, 2.75) is 4.90 Å². The van der Waals surface area contributed by atoms with Gasteiger partial charge in [0.05, 0.1) is 16.1 Å². The number of rotatable bonds is 3. The van der Waals surface area contributed by atoms with E-state index in [9.17, 15) is 13.2 Å². The first-order chi connectivity index (χ1) is 13.3. The number of carbonyl (C=O) groups is 1. The first-order valence-corrected chi connectivity index (χ1v) is 10.0. The lowest BCUT2D eigenvalue weighted by Gasteiger charge is -2.14. The van der Waals surface area contributed by atoms with Crippen LogP contribution in [-0.4, -0.2) is 26.4 Å². The third-order valence-electron chi connectivity index (χ3n) is 4.16. The molecule has 9 heteroatoms. The van der Waals surface area contributed by atoms with Gasteiger partial charge in [-0.15, -0.1) is 0 Å². The summed E-state index contributed by atoms with van der Waals surface area (Å²) in [5.74, 6) is 0.590. The Bertz CT molecular complexity index is 1200. The molecule has 7 nitrogen and oxygen atoms in total. The minimum atomic E-state index is -3.93. The fourth-order valence-electron chi connectivity index (χ4n) is 2.81.